The summed E-state index contributed by atoms with van der Waals surface area (Å²) in [6.45, 7) is 2.79. The van der Waals surface area contributed by atoms with Crippen molar-refractivity contribution in [3.05, 3.63) is 70.7 Å². The number of hydrogen-bond acceptors (Lipinski definition) is 3. The molecule has 0 saturated carbocycles. The number of amides is 1. The summed E-state index contributed by atoms with van der Waals surface area (Å²) < 4.78 is 6.46. The highest BCUT2D eigenvalue weighted by molar-refractivity contribution is 9.10. The molecule has 0 aliphatic heterocycles. The summed E-state index contributed by atoms with van der Waals surface area (Å²) in [6.07, 6.45) is 4.59. The average molecular weight is 402 g/mol. The summed E-state index contributed by atoms with van der Waals surface area (Å²) in [5, 5.41) is 2.71. The number of nitrogens with one attached hydrogen (secondary N) is 1. The second-order valence-electron chi connectivity index (χ2n) is 5.42. The van der Waals surface area contributed by atoms with Crippen LogP contribution < -0.4 is 10.1 Å². The van der Waals surface area contributed by atoms with Crippen molar-refractivity contribution in [2.45, 2.75) is 19.8 Å². The number of carbonyl (C=O) groups excluding carboxylic acids is 2. The molecule has 0 radical (unpaired) electrons. The van der Waals surface area contributed by atoms with Crippen molar-refractivity contribution in [1.82, 2.24) is 0 Å². The molecule has 0 heterocycles. The molecule has 0 aliphatic carbocycles. The van der Waals surface area contributed by atoms with E-state index >= 15 is 0 Å². The third-order valence-electron chi connectivity index (χ3n) is 3.40. The summed E-state index contributed by atoms with van der Waals surface area (Å²) in [5.74, 6) is 0.194. The summed E-state index contributed by atoms with van der Waals surface area (Å²) in [5.41, 5.74) is 1.18. The Morgan fingerprint density at radius 2 is 1.72 bits per heavy atom. The lowest BCUT2D eigenvalue weighted by atomic mass is 10.1. The summed E-state index contributed by atoms with van der Waals surface area (Å²) in [7, 11) is 0. The number of anilines is 1. The first kappa shape index (κ1) is 18.9. The van der Waals surface area contributed by atoms with Gasteiger partial charge in [-0.3, -0.25) is 9.59 Å². The average Bonchev–Trinajstić information content (AvgIpc) is 2.62. The number of benzene rings is 2. The molecule has 0 spiro atoms. The van der Waals surface area contributed by atoms with Crippen molar-refractivity contribution in [2.24, 2.45) is 0 Å². The predicted octanol–water partition coefficient (Wildman–Crippen LogP) is 5.01. The van der Waals surface area contributed by atoms with E-state index in [4.69, 9.17) is 4.74 Å². The van der Waals surface area contributed by atoms with Crippen molar-refractivity contribution in [2.75, 3.05) is 11.9 Å². The summed E-state index contributed by atoms with van der Waals surface area (Å²) in [4.78, 5) is 23.9. The molecule has 25 heavy (non-hydrogen) atoms. The number of rotatable bonds is 8. The van der Waals surface area contributed by atoms with Gasteiger partial charge in [-0.1, -0.05) is 29.3 Å². The Morgan fingerprint density at radius 3 is 2.36 bits per heavy atom. The van der Waals surface area contributed by atoms with Crippen LogP contribution in [-0.4, -0.2) is 18.3 Å². The molecule has 1 N–H and O–H groups in total. The van der Waals surface area contributed by atoms with Gasteiger partial charge in [0.25, 0.3) is 0 Å². The maximum atomic E-state index is 12.0. The van der Waals surface area contributed by atoms with E-state index in [9.17, 15) is 9.59 Å². The topological polar surface area (TPSA) is 55.4 Å². The third-order valence-corrected chi connectivity index (χ3v) is 3.93. The van der Waals surface area contributed by atoms with Crippen molar-refractivity contribution >= 4 is 33.3 Å². The molecule has 0 aromatic heterocycles. The van der Waals surface area contributed by atoms with Gasteiger partial charge in [-0.2, -0.15) is 0 Å². The number of ether oxygens (including phenoxy) is 1. The lowest BCUT2D eigenvalue weighted by Gasteiger charge is -2.06. The van der Waals surface area contributed by atoms with Crippen molar-refractivity contribution in [3.8, 4) is 5.75 Å². The minimum absolute atomic E-state index is 0.220. The maximum absolute atomic E-state index is 12.0. The van der Waals surface area contributed by atoms with E-state index in [0.717, 1.165) is 23.1 Å². The van der Waals surface area contributed by atoms with E-state index in [-0.39, 0.29) is 11.7 Å². The molecule has 0 fully saturated rings. The largest absolute Gasteiger partial charge is 0.494 e. The third kappa shape index (κ3) is 6.55. The minimum Gasteiger partial charge on any atom is -0.494 e. The van der Waals surface area contributed by atoms with E-state index < -0.39 is 0 Å². The normalized spacial score (nSPS) is 10.6. The van der Waals surface area contributed by atoms with Gasteiger partial charge in [0.2, 0.25) is 5.91 Å². The predicted molar refractivity (Wildman–Crippen MR) is 103 cm³/mol. The van der Waals surface area contributed by atoms with Gasteiger partial charge in [0.1, 0.15) is 5.75 Å². The van der Waals surface area contributed by atoms with E-state index in [2.05, 4.69) is 28.2 Å². The zero-order valence-corrected chi connectivity index (χ0v) is 15.6. The molecule has 0 atom stereocenters. The van der Waals surface area contributed by atoms with Gasteiger partial charge < -0.3 is 10.1 Å². The van der Waals surface area contributed by atoms with E-state index in [1.807, 2.05) is 12.1 Å². The number of ketones is 1. The van der Waals surface area contributed by atoms with Crippen LogP contribution in [0.2, 0.25) is 0 Å². The summed E-state index contributed by atoms with van der Waals surface area (Å²) in [6, 6.07) is 14.1. The smallest absolute Gasteiger partial charge is 0.248 e. The van der Waals surface area contributed by atoms with Gasteiger partial charge >= 0.3 is 0 Å². The highest BCUT2D eigenvalue weighted by Gasteiger charge is 2.03. The van der Waals surface area contributed by atoms with Crippen LogP contribution in [0.15, 0.2) is 65.2 Å². The highest BCUT2D eigenvalue weighted by Crippen LogP contribution is 2.16. The highest BCUT2D eigenvalue weighted by atomic mass is 79.9. The first-order valence-electron chi connectivity index (χ1n) is 8.10. The van der Waals surface area contributed by atoms with Crippen LogP contribution in [0.5, 0.6) is 5.75 Å². The van der Waals surface area contributed by atoms with E-state index in [0.29, 0.717) is 17.9 Å². The molecule has 2 aromatic carbocycles. The van der Waals surface area contributed by atoms with Crippen LogP contribution >= 0.6 is 15.9 Å². The SMILES string of the molecule is CCCCOc1ccc(NC(=O)/C=C/C(=O)c2ccc(Br)cc2)cc1. The molecule has 4 nitrogen and oxygen atoms in total. The van der Waals surface area contributed by atoms with Gasteiger partial charge in [0.15, 0.2) is 5.78 Å². The Bertz CT molecular complexity index is 737. The first-order valence-corrected chi connectivity index (χ1v) is 8.89. The number of hydrogen-bond donors (Lipinski definition) is 1. The molecule has 1 amide bonds. The Kier molecular flexibility index (Phi) is 7.41. The van der Waals surface area contributed by atoms with Crippen LogP contribution in [0.1, 0.15) is 30.1 Å². The molecule has 0 bridgehead atoms. The van der Waals surface area contributed by atoms with Crippen LogP contribution in [0.4, 0.5) is 5.69 Å². The van der Waals surface area contributed by atoms with E-state index in [1.54, 1.807) is 36.4 Å². The quantitative estimate of drug-likeness (QED) is 0.384. The Labute approximate surface area is 156 Å². The summed E-state index contributed by atoms with van der Waals surface area (Å²) >= 11 is 3.31. The molecule has 2 aromatic rings. The molecular formula is C20H20BrNO3. The Balaban J connectivity index is 1.86. The molecule has 5 heteroatoms. The van der Waals surface area contributed by atoms with Gasteiger partial charge in [0.05, 0.1) is 6.61 Å². The minimum atomic E-state index is -0.356. The lowest BCUT2D eigenvalue weighted by molar-refractivity contribution is -0.111. The fourth-order valence-corrected chi connectivity index (χ4v) is 2.28. The number of carbonyl (C=O) groups is 2. The molecule has 0 unspecified atom stereocenters. The molecule has 2 rings (SSSR count). The van der Waals surface area contributed by atoms with Gasteiger partial charge in [-0.25, -0.2) is 0 Å². The van der Waals surface area contributed by atoms with Crippen LogP contribution in [0.25, 0.3) is 0 Å². The van der Waals surface area contributed by atoms with Gasteiger partial charge in [0, 0.05) is 21.8 Å². The zero-order chi connectivity index (χ0) is 18.1. The second kappa shape index (κ2) is 9.79. The fraction of sp³-hybridized carbons (Fsp3) is 0.200. The number of halogens is 1. The van der Waals surface area contributed by atoms with Crippen LogP contribution in [0.3, 0.4) is 0 Å². The standard InChI is InChI=1S/C20H20BrNO3/c1-2-3-14-25-18-10-8-17(9-11-18)22-20(24)13-12-19(23)15-4-6-16(21)7-5-15/h4-13H,2-3,14H2,1H3,(H,22,24)/b13-12+. The monoisotopic (exact) mass is 401 g/mol. The molecule has 0 saturated heterocycles. The molecule has 0 aliphatic rings. The van der Waals surface area contributed by atoms with E-state index in [1.165, 1.54) is 12.2 Å². The van der Waals surface area contributed by atoms with Gasteiger partial charge in [-0.15, -0.1) is 0 Å². The van der Waals surface area contributed by atoms with Crippen molar-refractivity contribution < 1.29 is 14.3 Å². The fourth-order valence-electron chi connectivity index (χ4n) is 2.01. The zero-order valence-electron chi connectivity index (χ0n) is 14.0. The van der Waals surface area contributed by atoms with Crippen molar-refractivity contribution in [3.63, 3.8) is 0 Å². The lowest BCUT2D eigenvalue weighted by Crippen LogP contribution is -2.08. The molecular weight excluding hydrogens is 382 g/mol. The first-order chi connectivity index (χ1) is 12.1. The molecule has 130 valence electrons. The van der Waals surface area contributed by atoms with Gasteiger partial charge in [-0.05, 0) is 61.0 Å². The Hall–Kier alpha value is -2.40. The Morgan fingerprint density at radius 1 is 1.04 bits per heavy atom. The second-order valence-corrected chi connectivity index (χ2v) is 6.34. The van der Waals surface area contributed by atoms with Crippen LogP contribution in [-0.2, 0) is 4.79 Å². The van der Waals surface area contributed by atoms with Crippen molar-refractivity contribution in [1.29, 1.82) is 0 Å². The number of allylic oxidation sites excluding steroid dienone is 1. The number of unbranched alkanes of at least 4 members (excludes halogenated alkanes) is 1. The maximum Gasteiger partial charge on any atom is 0.248 e. The van der Waals surface area contributed by atoms with Crippen LogP contribution in [0, 0.1) is 0 Å².